The predicted molar refractivity (Wildman–Crippen MR) is 121 cm³/mol. The van der Waals surface area contributed by atoms with Crippen LogP contribution in [0.3, 0.4) is 0 Å². The van der Waals surface area contributed by atoms with Gasteiger partial charge in [0.15, 0.2) is 21.3 Å². The van der Waals surface area contributed by atoms with Crippen LogP contribution in [-0.4, -0.2) is 57.3 Å². The second kappa shape index (κ2) is 9.21. The maximum absolute atomic E-state index is 13.2. The number of piperidine rings is 1. The normalized spacial score (nSPS) is 18.1. The molecule has 1 unspecified atom stereocenters. The summed E-state index contributed by atoms with van der Waals surface area (Å²) in [6.07, 6.45) is 1.53. The average molecular weight is 479 g/mol. The number of ether oxygens (including phenoxy) is 1. The predicted octanol–water partition coefficient (Wildman–Crippen LogP) is 3.21. The maximum atomic E-state index is 13.2. The molecule has 1 aliphatic rings. The molecule has 8 nitrogen and oxygen atoms in total. The number of oxazole rings is 1. The van der Waals surface area contributed by atoms with E-state index < -0.39 is 19.9 Å². The third-order valence-corrected chi connectivity index (χ3v) is 9.16. The van der Waals surface area contributed by atoms with Crippen molar-refractivity contribution in [2.75, 3.05) is 31.2 Å². The molecule has 0 saturated carbocycles. The molecular formula is C22H26N2O6S2. The van der Waals surface area contributed by atoms with Crippen LogP contribution in [0.5, 0.6) is 5.75 Å². The van der Waals surface area contributed by atoms with E-state index in [1.165, 1.54) is 16.4 Å². The molecule has 0 aliphatic carbocycles. The van der Waals surface area contributed by atoms with Gasteiger partial charge < -0.3 is 9.15 Å². The fourth-order valence-electron chi connectivity index (χ4n) is 3.71. The Morgan fingerprint density at radius 3 is 2.56 bits per heavy atom. The molecule has 4 rings (SSSR count). The first-order valence-corrected chi connectivity index (χ1v) is 13.8. The highest BCUT2D eigenvalue weighted by Crippen LogP contribution is 2.32. The Bertz CT molecular complexity index is 1250. The van der Waals surface area contributed by atoms with E-state index in [4.69, 9.17) is 9.15 Å². The summed E-state index contributed by atoms with van der Waals surface area (Å²) in [6.45, 7) is 2.36. The summed E-state index contributed by atoms with van der Waals surface area (Å²) < 4.78 is 62.3. The summed E-state index contributed by atoms with van der Waals surface area (Å²) in [4.78, 5) is 4.71. The Balaban J connectivity index is 1.44. The quantitative estimate of drug-likeness (QED) is 0.489. The molecule has 1 saturated heterocycles. The lowest BCUT2D eigenvalue weighted by atomic mass is 10.00. The fraction of sp³-hybridized carbons (Fsp3) is 0.409. The average Bonchev–Trinajstić information content (AvgIpc) is 3.24. The van der Waals surface area contributed by atoms with Crippen LogP contribution in [0.1, 0.15) is 31.6 Å². The van der Waals surface area contributed by atoms with Gasteiger partial charge in [0.1, 0.15) is 17.9 Å². The second-order valence-electron chi connectivity index (χ2n) is 7.78. The zero-order valence-corrected chi connectivity index (χ0v) is 19.4. The van der Waals surface area contributed by atoms with Crippen molar-refractivity contribution >= 4 is 31.0 Å². The summed E-state index contributed by atoms with van der Waals surface area (Å²) in [5, 5.41) is 0. The van der Waals surface area contributed by atoms with E-state index in [0.717, 1.165) is 18.4 Å². The fourth-order valence-corrected chi connectivity index (χ4v) is 5.86. The number of sulfonamides is 1. The van der Waals surface area contributed by atoms with E-state index in [2.05, 4.69) is 4.98 Å². The molecule has 0 bridgehead atoms. The number of fused-ring (bicyclic) bond motifs is 1. The Morgan fingerprint density at radius 2 is 1.84 bits per heavy atom. The molecule has 0 N–H and O–H groups in total. The van der Waals surface area contributed by atoms with Gasteiger partial charge >= 0.3 is 0 Å². The monoisotopic (exact) mass is 478 g/mol. The van der Waals surface area contributed by atoms with Crippen molar-refractivity contribution in [3.05, 3.63) is 54.4 Å². The number of hydrogen-bond donors (Lipinski definition) is 0. The van der Waals surface area contributed by atoms with E-state index in [1.54, 1.807) is 19.1 Å². The highest BCUT2D eigenvalue weighted by molar-refractivity contribution is 7.91. The number of rotatable bonds is 8. The molecule has 1 aliphatic heterocycles. The minimum Gasteiger partial charge on any atom is -0.493 e. The first-order valence-electron chi connectivity index (χ1n) is 10.6. The first-order chi connectivity index (χ1) is 15.3. The smallest absolute Gasteiger partial charge is 0.243 e. The second-order valence-corrected chi connectivity index (χ2v) is 12.2. The van der Waals surface area contributed by atoms with Crippen molar-refractivity contribution in [1.29, 1.82) is 0 Å². The summed E-state index contributed by atoms with van der Waals surface area (Å²) in [5.74, 6) is 0.881. The topological polar surface area (TPSA) is 107 Å². The highest BCUT2D eigenvalue weighted by atomic mass is 32.2. The zero-order chi connectivity index (χ0) is 22.8. The molecule has 3 aromatic rings. The summed E-state index contributed by atoms with van der Waals surface area (Å²) >= 11 is 0. The Hall–Kier alpha value is -2.43. The molecule has 0 spiro atoms. The molecule has 0 amide bonds. The van der Waals surface area contributed by atoms with E-state index in [9.17, 15) is 16.8 Å². The van der Waals surface area contributed by atoms with Gasteiger partial charge in [-0.1, -0.05) is 19.1 Å². The largest absolute Gasteiger partial charge is 0.493 e. The van der Waals surface area contributed by atoms with Gasteiger partial charge in [0, 0.05) is 24.8 Å². The van der Waals surface area contributed by atoms with Gasteiger partial charge in [0.05, 0.1) is 10.6 Å². The van der Waals surface area contributed by atoms with Gasteiger partial charge in [-0.15, -0.1) is 0 Å². The van der Waals surface area contributed by atoms with E-state index in [-0.39, 0.29) is 28.9 Å². The lowest BCUT2D eigenvalue weighted by Gasteiger charge is -2.30. The number of nitrogens with zero attached hydrogens (tertiary/aromatic N) is 2. The van der Waals surface area contributed by atoms with Crippen LogP contribution in [-0.2, 0) is 19.9 Å². The summed E-state index contributed by atoms with van der Waals surface area (Å²) in [6, 6.07) is 13.6. The van der Waals surface area contributed by atoms with Crippen LogP contribution in [0.4, 0.5) is 0 Å². The Morgan fingerprint density at radius 1 is 1.09 bits per heavy atom. The third-order valence-electron chi connectivity index (χ3n) is 5.61. The van der Waals surface area contributed by atoms with Gasteiger partial charge in [-0.2, -0.15) is 4.31 Å². The number of benzene rings is 2. The van der Waals surface area contributed by atoms with Crippen LogP contribution in [0.25, 0.3) is 11.1 Å². The molecule has 32 heavy (non-hydrogen) atoms. The standard InChI is InChI=1S/C22H26N2O6S2/c1-2-31(25,26)15-14-29-18-9-11-19(12-10-18)32(27,28)24-13-5-6-17(16-24)22-23-20-7-3-4-8-21(20)30-22/h3-4,7-12,17H,2,5-6,13-16H2,1H3. The van der Waals surface area contributed by atoms with E-state index in [0.29, 0.717) is 30.3 Å². The van der Waals surface area contributed by atoms with Crippen molar-refractivity contribution < 1.29 is 26.0 Å². The van der Waals surface area contributed by atoms with Gasteiger partial charge in [-0.3, -0.25) is 0 Å². The van der Waals surface area contributed by atoms with Crippen LogP contribution in [0, 0.1) is 0 Å². The van der Waals surface area contributed by atoms with Crippen LogP contribution < -0.4 is 4.74 Å². The molecule has 1 atom stereocenters. The van der Waals surface area contributed by atoms with E-state index in [1.807, 2.05) is 24.3 Å². The van der Waals surface area contributed by atoms with E-state index >= 15 is 0 Å². The van der Waals surface area contributed by atoms with Crippen molar-refractivity contribution in [2.45, 2.75) is 30.6 Å². The third kappa shape index (κ3) is 4.97. The van der Waals surface area contributed by atoms with Gasteiger partial charge in [0.25, 0.3) is 0 Å². The summed E-state index contributed by atoms with van der Waals surface area (Å²) in [7, 11) is -6.80. The van der Waals surface area contributed by atoms with Crippen molar-refractivity contribution in [2.24, 2.45) is 0 Å². The van der Waals surface area contributed by atoms with Crippen LogP contribution >= 0.6 is 0 Å². The lowest BCUT2D eigenvalue weighted by Crippen LogP contribution is -2.39. The van der Waals surface area contributed by atoms with Crippen molar-refractivity contribution in [3.8, 4) is 5.75 Å². The molecule has 1 fully saturated rings. The first kappa shape index (κ1) is 22.8. The minimum absolute atomic E-state index is 0.0283. The molecule has 172 valence electrons. The zero-order valence-electron chi connectivity index (χ0n) is 17.8. The molecular weight excluding hydrogens is 452 g/mol. The molecule has 1 aromatic heterocycles. The highest BCUT2D eigenvalue weighted by Gasteiger charge is 2.33. The Labute approximate surface area is 188 Å². The lowest BCUT2D eigenvalue weighted by molar-refractivity contribution is 0.288. The molecule has 2 aromatic carbocycles. The molecule has 0 radical (unpaired) electrons. The van der Waals surface area contributed by atoms with Crippen molar-refractivity contribution in [1.82, 2.24) is 9.29 Å². The Kier molecular flexibility index (Phi) is 6.55. The van der Waals surface area contributed by atoms with Gasteiger partial charge in [0.2, 0.25) is 10.0 Å². The number of sulfone groups is 1. The minimum atomic E-state index is -3.69. The summed E-state index contributed by atoms with van der Waals surface area (Å²) in [5.41, 5.74) is 1.47. The SMILES string of the molecule is CCS(=O)(=O)CCOc1ccc(S(=O)(=O)N2CCCC(c3nc4ccccc4o3)C2)cc1. The number of aromatic nitrogens is 1. The molecule has 2 heterocycles. The number of hydrogen-bond acceptors (Lipinski definition) is 7. The van der Waals surface area contributed by atoms with Gasteiger partial charge in [-0.05, 0) is 49.2 Å². The molecule has 10 heteroatoms. The van der Waals surface area contributed by atoms with Crippen molar-refractivity contribution in [3.63, 3.8) is 0 Å². The van der Waals surface area contributed by atoms with Crippen LogP contribution in [0.15, 0.2) is 57.8 Å². The van der Waals surface area contributed by atoms with Crippen LogP contribution in [0.2, 0.25) is 0 Å². The van der Waals surface area contributed by atoms with Gasteiger partial charge in [-0.25, -0.2) is 21.8 Å². The number of para-hydroxylation sites is 2. The maximum Gasteiger partial charge on any atom is 0.243 e.